The van der Waals surface area contributed by atoms with E-state index in [2.05, 4.69) is 83.5 Å². The fourth-order valence-corrected chi connectivity index (χ4v) is 14.3. The number of aryl methyl sites for hydroxylation is 1. The minimum atomic E-state index is -4.44. The minimum absolute atomic E-state index is 0.0432. The van der Waals surface area contributed by atoms with Crippen LogP contribution in [0.3, 0.4) is 0 Å². The molecule has 22 heteroatoms. The van der Waals surface area contributed by atoms with E-state index in [9.17, 15) is 41.7 Å². The normalized spacial score (nSPS) is 22.7. The lowest BCUT2D eigenvalue weighted by Crippen LogP contribution is -2.56. The summed E-state index contributed by atoms with van der Waals surface area (Å²) in [5.74, 6) is -4.25. The van der Waals surface area contributed by atoms with Gasteiger partial charge in [0.05, 0.1) is 46.3 Å². The van der Waals surface area contributed by atoms with Gasteiger partial charge >= 0.3 is 0 Å². The van der Waals surface area contributed by atoms with Crippen molar-refractivity contribution in [3.63, 3.8) is 0 Å². The molecule has 2 N–H and O–H groups in total. The number of nitro benzene ring substituents is 1. The van der Waals surface area contributed by atoms with Gasteiger partial charge in [-0.25, -0.2) is 8.78 Å². The molecule has 432 valence electrons. The number of rotatable bonds is 22. The second-order valence-corrected chi connectivity index (χ2v) is 37.4. The number of non-ortho nitro benzene ring substituents is 1. The fraction of sp³-hybridized carbons (Fsp3) is 0.679. The summed E-state index contributed by atoms with van der Waals surface area (Å²) < 4.78 is 76.5. The summed E-state index contributed by atoms with van der Waals surface area (Å²) in [7, 11) is -9.07. The van der Waals surface area contributed by atoms with Crippen LogP contribution in [0.2, 0.25) is 36.3 Å². The van der Waals surface area contributed by atoms with Gasteiger partial charge in [0.1, 0.15) is 12.1 Å². The molecule has 1 spiro atoms. The molecule has 2 saturated carbocycles. The van der Waals surface area contributed by atoms with Gasteiger partial charge in [0.2, 0.25) is 17.7 Å². The number of nitrogens with zero attached hydrogens (tertiary/aromatic N) is 5. The van der Waals surface area contributed by atoms with E-state index in [1.807, 2.05) is 60.7 Å². The van der Waals surface area contributed by atoms with E-state index in [1.165, 1.54) is 0 Å². The van der Waals surface area contributed by atoms with Crippen molar-refractivity contribution in [2.45, 2.75) is 185 Å². The molecule has 2 aromatic carbocycles. The first-order chi connectivity index (χ1) is 36.1. The Balaban J connectivity index is 0.988. The molecule has 0 bridgehead atoms. The number of likely N-dealkylation sites (tertiary alicyclic amines) is 2. The summed E-state index contributed by atoms with van der Waals surface area (Å²) >= 11 is 0. The Morgan fingerprint density at radius 1 is 0.910 bits per heavy atom. The lowest BCUT2D eigenvalue weighted by Gasteiger charge is -2.52. The van der Waals surface area contributed by atoms with Crippen LogP contribution in [0, 0.1) is 32.8 Å². The summed E-state index contributed by atoms with van der Waals surface area (Å²) in [5, 5.41) is 21.7. The maximum absolute atomic E-state index is 15.0. The van der Waals surface area contributed by atoms with E-state index < -0.39 is 80.3 Å². The van der Waals surface area contributed by atoms with Crippen LogP contribution < -0.4 is 10.6 Å². The molecule has 1 aromatic heterocycles. The lowest BCUT2D eigenvalue weighted by atomic mass is 9.56. The first-order valence-corrected chi connectivity index (χ1v) is 34.9. The molecule has 0 radical (unpaired) electrons. The number of carbonyl (C=O) groups excluding carboxylic acids is 3. The van der Waals surface area contributed by atoms with Gasteiger partial charge in [0.15, 0.2) is 16.6 Å². The van der Waals surface area contributed by atoms with Crippen molar-refractivity contribution in [3.8, 4) is 11.3 Å². The molecule has 3 heterocycles. The van der Waals surface area contributed by atoms with Crippen molar-refractivity contribution in [2.24, 2.45) is 22.7 Å². The number of alkyl halides is 2. The number of nitro groups is 1. The van der Waals surface area contributed by atoms with Crippen LogP contribution >= 0.6 is 0 Å². The second-order valence-electron chi connectivity index (χ2n) is 26.2. The second kappa shape index (κ2) is 22.8. The van der Waals surface area contributed by atoms with E-state index in [4.69, 9.17) is 13.0 Å². The van der Waals surface area contributed by atoms with Crippen LogP contribution in [0.15, 0.2) is 65.7 Å². The minimum Gasteiger partial charge on any atom is -0.414 e. The molecule has 17 nitrogen and oxygen atoms in total. The van der Waals surface area contributed by atoms with E-state index in [0.717, 1.165) is 73.3 Å². The van der Waals surface area contributed by atoms with Crippen molar-refractivity contribution in [1.29, 1.82) is 0 Å². The third-order valence-electron chi connectivity index (χ3n) is 18.1. The largest absolute Gasteiger partial charge is 0.414 e. The van der Waals surface area contributed by atoms with Gasteiger partial charge in [0.25, 0.3) is 21.7 Å². The Hall–Kier alpha value is -4.46. The van der Waals surface area contributed by atoms with Crippen molar-refractivity contribution in [2.75, 3.05) is 39.4 Å². The van der Waals surface area contributed by atoms with Crippen LogP contribution in [0.5, 0.6) is 0 Å². The molecule has 3 aromatic rings. The first kappa shape index (κ1) is 61.2. The van der Waals surface area contributed by atoms with Gasteiger partial charge in [-0.2, -0.15) is 13.5 Å². The van der Waals surface area contributed by atoms with E-state index in [0.29, 0.717) is 19.5 Å². The molecule has 4 fully saturated rings. The fourth-order valence-electron chi connectivity index (χ4n) is 10.9. The van der Waals surface area contributed by atoms with Gasteiger partial charge in [-0.05, 0) is 129 Å². The summed E-state index contributed by atoms with van der Waals surface area (Å²) in [4.78, 5) is 57.5. The standard InChI is InChI=1S/C56H85F2N7O10SSi2/c1-14-64-46(23-26-59-64)41-17-15-40(16-18-41)45(34-74-77(10,11)52(4,5)6)60-50(67)47-30-43(75-78(12,13)53(7,8)9)33-63(47)51(68)49(38(2)3)61-48(66)29-39-31-54(32-39)24-27-62(28-25-54)36-55(35-56(55,57)58)37-73-76(71,72)44-21-19-42(20-22-44)65(69)70/h15-23,26,38-39,43,45,47,49H,14,24-25,27-37H2,1-13H3,(H,60,67)(H,61,66)/t43-,45+,47+,49+,55-/m1/s1. The van der Waals surface area contributed by atoms with E-state index >= 15 is 0 Å². The smallest absolute Gasteiger partial charge is 0.297 e. The monoisotopic (exact) mass is 1140 g/mol. The molecular weight excluding hydrogens is 1060 g/mol. The van der Waals surface area contributed by atoms with Gasteiger partial charge in [-0.1, -0.05) is 79.7 Å². The Bertz CT molecular complexity index is 2750. The molecule has 7 rings (SSSR count). The van der Waals surface area contributed by atoms with Gasteiger partial charge in [-0.15, -0.1) is 0 Å². The average Bonchev–Trinajstić information content (AvgIpc) is 3.93. The number of benzene rings is 2. The molecule has 2 saturated heterocycles. The number of hydrogen-bond donors (Lipinski definition) is 2. The number of amides is 3. The molecule has 0 unspecified atom stereocenters. The lowest BCUT2D eigenvalue weighted by molar-refractivity contribution is -0.384. The quantitative estimate of drug-likeness (QED) is 0.0418. The summed E-state index contributed by atoms with van der Waals surface area (Å²) in [5.41, 5.74) is 0.813. The van der Waals surface area contributed by atoms with E-state index in [-0.39, 0.29) is 81.7 Å². The Morgan fingerprint density at radius 2 is 1.51 bits per heavy atom. The van der Waals surface area contributed by atoms with Crippen LogP contribution in [0.1, 0.15) is 119 Å². The highest BCUT2D eigenvalue weighted by Crippen LogP contribution is 2.62. The Labute approximate surface area is 462 Å². The maximum atomic E-state index is 15.0. The number of aromatic nitrogens is 2. The van der Waals surface area contributed by atoms with Crippen molar-refractivity contribution in [1.82, 2.24) is 30.2 Å². The third-order valence-corrected chi connectivity index (χ3v) is 28.4. The Morgan fingerprint density at radius 3 is 2.05 bits per heavy atom. The molecular formula is C56H85F2N7O10SSi2. The average molecular weight is 1140 g/mol. The molecule has 3 amide bonds. The molecule has 2 aliphatic carbocycles. The zero-order valence-corrected chi connectivity index (χ0v) is 50.9. The number of nitrogens with one attached hydrogen (secondary N) is 2. The zero-order valence-electron chi connectivity index (χ0n) is 48.1. The van der Waals surface area contributed by atoms with E-state index in [1.54, 1.807) is 11.1 Å². The maximum Gasteiger partial charge on any atom is 0.297 e. The van der Waals surface area contributed by atoms with Gasteiger partial charge in [0, 0.05) is 57.2 Å². The highest BCUT2D eigenvalue weighted by Gasteiger charge is 2.72. The predicted octanol–water partition coefficient (Wildman–Crippen LogP) is 10.1. The molecule has 4 aliphatic rings. The van der Waals surface area contributed by atoms with Gasteiger partial charge in [-0.3, -0.25) is 33.4 Å². The zero-order chi connectivity index (χ0) is 57.6. The topological polar surface area (TPSA) is 205 Å². The van der Waals surface area contributed by atoms with Gasteiger partial charge < -0.3 is 29.3 Å². The molecule has 78 heavy (non-hydrogen) atoms. The summed E-state index contributed by atoms with van der Waals surface area (Å²) in [6.45, 7) is 29.0. The van der Waals surface area contributed by atoms with Crippen LogP contribution in [-0.4, -0.2) is 131 Å². The van der Waals surface area contributed by atoms with Crippen molar-refractivity contribution < 1.29 is 49.5 Å². The van der Waals surface area contributed by atoms with Crippen molar-refractivity contribution >= 4 is 50.2 Å². The SMILES string of the molecule is CCn1nccc1-c1ccc([C@H](CO[Si](C)(C)C(C)(C)C)NC(=O)[C@@H]2C[C@@H](O[Si](C)(C)C(C)(C)C)CN2C(=O)[C@@H](NC(=O)CC2CC3(CCN(C[C@@]4(COS(=O)(=O)c5ccc([N+](=O)[O-])cc5)CC4(F)F)CC3)C2)C(C)C)cc1. The summed E-state index contributed by atoms with van der Waals surface area (Å²) in [6.07, 6.45) is 4.40. The third kappa shape index (κ3) is 13.6. The predicted molar refractivity (Wildman–Crippen MR) is 300 cm³/mol. The summed E-state index contributed by atoms with van der Waals surface area (Å²) in [6, 6.07) is 11.8. The number of hydrogen-bond acceptors (Lipinski definition) is 12. The van der Waals surface area contributed by atoms with Crippen molar-refractivity contribution in [3.05, 3.63) is 76.5 Å². The number of halogens is 2. The van der Waals surface area contributed by atoms with Crippen LogP contribution in [0.25, 0.3) is 11.3 Å². The number of carbonyl (C=O) groups is 3. The van der Waals surface area contributed by atoms with Crippen LogP contribution in [-0.2, 0) is 44.1 Å². The number of piperidine rings is 1. The van der Waals surface area contributed by atoms with Crippen LogP contribution in [0.4, 0.5) is 14.5 Å². The Kier molecular flexibility index (Phi) is 17.9. The molecule has 2 aliphatic heterocycles. The highest BCUT2D eigenvalue weighted by atomic mass is 32.2. The molecule has 5 atom stereocenters. The highest BCUT2D eigenvalue weighted by molar-refractivity contribution is 7.86. The first-order valence-electron chi connectivity index (χ1n) is 27.7.